The molecule has 3 rings (SSSR count). The average Bonchev–Trinajstić information content (AvgIpc) is 3.11. The highest BCUT2D eigenvalue weighted by molar-refractivity contribution is 7.16. The smallest absolute Gasteiger partial charge is 0.387 e. The SMILES string of the molecule is COc1ccc(CCC(=O)Nc2nc(-c3ccc(OC(F)F)cc3)c(C)s2)cc1OC. The van der Waals surface area contributed by atoms with Gasteiger partial charge in [-0.3, -0.25) is 4.79 Å². The molecular formula is C22H22F2N2O4S. The number of carbonyl (C=O) groups is 1. The molecule has 0 unspecified atom stereocenters. The third kappa shape index (κ3) is 5.91. The van der Waals surface area contributed by atoms with Crippen LogP contribution in [0.1, 0.15) is 16.9 Å². The number of hydrogen-bond donors (Lipinski definition) is 1. The van der Waals surface area contributed by atoms with Gasteiger partial charge in [-0.2, -0.15) is 8.78 Å². The zero-order chi connectivity index (χ0) is 22.4. The van der Waals surface area contributed by atoms with Crippen molar-refractivity contribution in [3.63, 3.8) is 0 Å². The molecule has 31 heavy (non-hydrogen) atoms. The van der Waals surface area contributed by atoms with E-state index < -0.39 is 6.61 Å². The molecule has 0 atom stereocenters. The standard InChI is InChI=1S/C22H22F2N2O4S/c1-13-20(15-6-8-16(9-7-15)30-21(23)24)26-22(31-13)25-19(27)11-5-14-4-10-17(28-2)18(12-14)29-3/h4,6-10,12,21H,5,11H2,1-3H3,(H,25,26,27). The van der Waals surface area contributed by atoms with Crippen LogP contribution in [0.2, 0.25) is 0 Å². The summed E-state index contributed by atoms with van der Waals surface area (Å²) in [6.07, 6.45) is 0.818. The summed E-state index contributed by atoms with van der Waals surface area (Å²) in [5.41, 5.74) is 2.39. The number of aryl methyl sites for hydroxylation is 2. The van der Waals surface area contributed by atoms with Crippen molar-refractivity contribution in [1.82, 2.24) is 4.98 Å². The molecule has 0 radical (unpaired) electrons. The summed E-state index contributed by atoms with van der Waals surface area (Å²) in [5, 5.41) is 3.30. The normalized spacial score (nSPS) is 10.8. The lowest BCUT2D eigenvalue weighted by atomic mass is 10.1. The van der Waals surface area contributed by atoms with E-state index in [9.17, 15) is 13.6 Å². The predicted molar refractivity (Wildman–Crippen MR) is 115 cm³/mol. The Kier molecular flexibility index (Phi) is 7.41. The summed E-state index contributed by atoms with van der Waals surface area (Å²) >= 11 is 1.35. The highest BCUT2D eigenvalue weighted by Gasteiger charge is 2.13. The topological polar surface area (TPSA) is 69.7 Å². The van der Waals surface area contributed by atoms with Gasteiger partial charge in [0.15, 0.2) is 16.6 Å². The second-order valence-corrected chi connectivity index (χ2v) is 7.77. The third-order valence-corrected chi connectivity index (χ3v) is 5.37. The molecule has 2 aromatic carbocycles. The largest absolute Gasteiger partial charge is 0.493 e. The van der Waals surface area contributed by atoms with Crippen molar-refractivity contribution in [3.05, 3.63) is 52.9 Å². The molecular weight excluding hydrogens is 426 g/mol. The van der Waals surface area contributed by atoms with E-state index in [2.05, 4.69) is 15.0 Å². The fourth-order valence-electron chi connectivity index (χ4n) is 2.99. The molecule has 0 spiro atoms. The van der Waals surface area contributed by atoms with Crippen LogP contribution in [0.15, 0.2) is 42.5 Å². The first kappa shape index (κ1) is 22.5. The molecule has 9 heteroatoms. The van der Waals surface area contributed by atoms with Crippen LogP contribution in [0.3, 0.4) is 0 Å². The van der Waals surface area contributed by atoms with Crippen molar-refractivity contribution in [2.24, 2.45) is 0 Å². The van der Waals surface area contributed by atoms with Gasteiger partial charge in [0.2, 0.25) is 5.91 Å². The van der Waals surface area contributed by atoms with E-state index in [1.54, 1.807) is 32.4 Å². The van der Waals surface area contributed by atoms with Crippen LogP contribution in [-0.4, -0.2) is 31.7 Å². The Bertz CT molecular complexity index is 1040. The van der Waals surface area contributed by atoms with Gasteiger partial charge in [0.25, 0.3) is 0 Å². The second kappa shape index (κ2) is 10.2. The number of thiazole rings is 1. The lowest BCUT2D eigenvalue weighted by Gasteiger charge is -2.09. The van der Waals surface area contributed by atoms with Crippen molar-refractivity contribution in [3.8, 4) is 28.5 Å². The van der Waals surface area contributed by atoms with Gasteiger partial charge < -0.3 is 19.5 Å². The van der Waals surface area contributed by atoms with Crippen LogP contribution in [-0.2, 0) is 11.2 Å². The number of benzene rings is 2. The number of hydrogen-bond acceptors (Lipinski definition) is 6. The zero-order valence-corrected chi connectivity index (χ0v) is 18.1. The first-order chi connectivity index (χ1) is 14.9. The lowest BCUT2D eigenvalue weighted by molar-refractivity contribution is -0.116. The van der Waals surface area contributed by atoms with Crippen molar-refractivity contribution in [2.75, 3.05) is 19.5 Å². The van der Waals surface area contributed by atoms with E-state index in [1.807, 2.05) is 19.1 Å². The molecule has 3 aromatic rings. The summed E-state index contributed by atoms with van der Waals surface area (Å²) in [7, 11) is 3.14. The molecule has 6 nitrogen and oxygen atoms in total. The summed E-state index contributed by atoms with van der Waals surface area (Å²) < 4.78 is 39.4. The Morgan fingerprint density at radius 3 is 2.45 bits per heavy atom. The molecule has 0 aliphatic rings. The molecule has 0 fully saturated rings. The number of nitrogens with one attached hydrogen (secondary N) is 1. The number of anilines is 1. The van der Waals surface area contributed by atoms with Gasteiger partial charge in [-0.1, -0.05) is 6.07 Å². The summed E-state index contributed by atoms with van der Waals surface area (Å²) in [6, 6.07) is 11.8. The minimum absolute atomic E-state index is 0.0790. The summed E-state index contributed by atoms with van der Waals surface area (Å²) in [5.74, 6) is 1.17. The number of ether oxygens (including phenoxy) is 3. The number of halogens is 2. The maximum absolute atomic E-state index is 12.4. The highest BCUT2D eigenvalue weighted by Crippen LogP contribution is 2.32. The van der Waals surface area contributed by atoms with Crippen LogP contribution in [0.25, 0.3) is 11.3 Å². The van der Waals surface area contributed by atoms with E-state index >= 15 is 0 Å². The number of amides is 1. The van der Waals surface area contributed by atoms with Gasteiger partial charge in [-0.15, -0.1) is 11.3 Å². The zero-order valence-electron chi connectivity index (χ0n) is 17.3. The predicted octanol–water partition coefficient (Wildman–Crippen LogP) is 5.31. The molecule has 164 valence electrons. The Balaban J connectivity index is 1.61. The lowest BCUT2D eigenvalue weighted by Crippen LogP contribution is -2.12. The van der Waals surface area contributed by atoms with Gasteiger partial charge in [-0.25, -0.2) is 4.98 Å². The van der Waals surface area contributed by atoms with E-state index in [1.165, 1.54) is 23.5 Å². The fourth-order valence-corrected chi connectivity index (χ4v) is 3.84. The first-order valence-corrected chi connectivity index (χ1v) is 10.2. The van der Waals surface area contributed by atoms with E-state index in [0.717, 1.165) is 16.0 Å². The Hall–Kier alpha value is -3.20. The van der Waals surface area contributed by atoms with Crippen molar-refractivity contribution >= 4 is 22.4 Å². The maximum atomic E-state index is 12.4. The number of alkyl halides is 2. The minimum Gasteiger partial charge on any atom is -0.493 e. The number of methoxy groups -OCH3 is 2. The molecule has 1 amide bonds. The molecule has 0 saturated heterocycles. The van der Waals surface area contributed by atoms with Crippen LogP contribution in [0.4, 0.5) is 13.9 Å². The van der Waals surface area contributed by atoms with Gasteiger partial charge >= 0.3 is 6.61 Å². The van der Waals surface area contributed by atoms with Crippen LogP contribution >= 0.6 is 11.3 Å². The fraction of sp³-hybridized carbons (Fsp3) is 0.273. The quantitative estimate of drug-likeness (QED) is 0.481. The Morgan fingerprint density at radius 1 is 1.10 bits per heavy atom. The number of carbonyl (C=O) groups excluding carboxylic acids is 1. The van der Waals surface area contributed by atoms with E-state index in [4.69, 9.17) is 9.47 Å². The summed E-state index contributed by atoms with van der Waals surface area (Å²) in [6.45, 7) is -0.983. The number of nitrogens with zero attached hydrogens (tertiary/aromatic N) is 1. The number of rotatable bonds is 9. The van der Waals surface area contributed by atoms with Crippen LogP contribution in [0, 0.1) is 6.92 Å². The van der Waals surface area contributed by atoms with Gasteiger partial charge in [0, 0.05) is 16.9 Å². The first-order valence-electron chi connectivity index (χ1n) is 9.43. The van der Waals surface area contributed by atoms with Crippen molar-refractivity contribution in [1.29, 1.82) is 0 Å². The van der Waals surface area contributed by atoms with Gasteiger partial charge in [0.1, 0.15) is 5.75 Å². The van der Waals surface area contributed by atoms with Gasteiger partial charge in [0.05, 0.1) is 19.9 Å². The minimum atomic E-state index is -2.87. The van der Waals surface area contributed by atoms with E-state index in [0.29, 0.717) is 28.7 Å². The third-order valence-electron chi connectivity index (χ3n) is 4.48. The number of aromatic nitrogens is 1. The molecule has 0 aliphatic heterocycles. The average molecular weight is 448 g/mol. The molecule has 0 aliphatic carbocycles. The Labute approximate surface area is 182 Å². The summed E-state index contributed by atoms with van der Waals surface area (Å²) in [4.78, 5) is 17.8. The highest BCUT2D eigenvalue weighted by atomic mass is 32.1. The van der Waals surface area contributed by atoms with E-state index in [-0.39, 0.29) is 18.1 Å². The molecule has 1 aromatic heterocycles. The molecule has 1 heterocycles. The second-order valence-electron chi connectivity index (χ2n) is 6.56. The van der Waals surface area contributed by atoms with Crippen LogP contribution in [0.5, 0.6) is 17.2 Å². The van der Waals surface area contributed by atoms with Gasteiger partial charge in [-0.05, 0) is 55.3 Å². The molecule has 1 N–H and O–H groups in total. The Morgan fingerprint density at radius 2 is 1.81 bits per heavy atom. The molecule has 0 bridgehead atoms. The van der Waals surface area contributed by atoms with Crippen molar-refractivity contribution < 1.29 is 27.8 Å². The monoisotopic (exact) mass is 448 g/mol. The maximum Gasteiger partial charge on any atom is 0.387 e. The van der Waals surface area contributed by atoms with Crippen LogP contribution < -0.4 is 19.5 Å². The molecule has 0 saturated carbocycles. The van der Waals surface area contributed by atoms with Crippen molar-refractivity contribution in [2.45, 2.75) is 26.4 Å².